The highest BCUT2D eigenvalue weighted by Crippen LogP contribution is 2.24. The lowest BCUT2D eigenvalue weighted by molar-refractivity contribution is 0.0253. The molecule has 8 heteroatoms. The van der Waals surface area contributed by atoms with E-state index in [2.05, 4.69) is 25.5 Å². The summed E-state index contributed by atoms with van der Waals surface area (Å²) in [7, 11) is 0. The van der Waals surface area contributed by atoms with E-state index in [1.807, 2.05) is 25.7 Å². The van der Waals surface area contributed by atoms with Gasteiger partial charge >= 0.3 is 0 Å². The molecule has 3 rings (SSSR count). The summed E-state index contributed by atoms with van der Waals surface area (Å²) < 4.78 is 0. The molecule has 0 bridgehead atoms. The van der Waals surface area contributed by atoms with E-state index in [1.54, 1.807) is 24.7 Å². The summed E-state index contributed by atoms with van der Waals surface area (Å²) in [6.45, 7) is 7.53. The summed E-state index contributed by atoms with van der Waals surface area (Å²) in [5.41, 5.74) is 0.117. The topological polar surface area (TPSA) is 107 Å². The molecule has 0 aliphatic carbocycles. The predicted octanol–water partition coefficient (Wildman–Crippen LogP) is 1.26. The lowest BCUT2D eigenvalue weighted by atomic mass is 9.92. The van der Waals surface area contributed by atoms with E-state index in [0.29, 0.717) is 18.7 Å². The van der Waals surface area contributed by atoms with Crippen LogP contribution in [-0.2, 0) is 5.41 Å². The molecule has 3 heterocycles. The van der Waals surface area contributed by atoms with Gasteiger partial charge in [-0.3, -0.25) is 14.9 Å². The van der Waals surface area contributed by atoms with Crippen LogP contribution < -0.4 is 10.2 Å². The van der Waals surface area contributed by atoms with Gasteiger partial charge in [0.2, 0.25) is 0 Å². The van der Waals surface area contributed by atoms with E-state index in [1.165, 1.54) is 0 Å². The van der Waals surface area contributed by atoms with Crippen molar-refractivity contribution >= 4 is 11.7 Å². The molecule has 0 spiro atoms. The smallest absolute Gasteiger partial charge is 0.271 e. The molecule has 1 saturated heterocycles. The van der Waals surface area contributed by atoms with Crippen LogP contribution in [0.3, 0.4) is 0 Å². The number of aromatic nitrogens is 4. The minimum Gasteiger partial charge on any atom is -0.386 e. The van der Waals surface area contributed by atoms with Gasteiger partial charge in [0.1, 0.15) is 11.5 Å². The van der Waals surface area contributed by atoms with Crippen LogP contribution in [0.5, 0.6) is 0 Å². The Kier molecular flexibility index (Phi) is 4.95. The fourth-order valence-corrected chi connectivity index (χ4v) is 3.06. The Morgan fingerprint density at radius 3 is 2.88 bits per heavy atom. The number of anilines is 1. The van der Waals surface area contributed by atoms with Crippen LogP contribution in [-0.4, -0.2) is 56.4 Å². The summed E-state index contributed by atoms with van der Waals surface area (Å²) in [6, 6.07) is 1.76. The van der Waals surface area contributed by atoms with Crippen molar-refractivity contribution in [3.63, 3.8) is 0 Å². The Bertz CT molecular complexity index is 755. The second-order valence-corrected chi connectivity index (χ2v) is 7.91. The maximum atomic E-state index is 12.4. The van der Waals surface area contributed by atoms with Crippen LogP contribution in [0.4, 0.5) is 5.82 Å². The average Bonchev–Trinajstić information content (AvgIpc) is 3.11. The van der Waals surface area contributed by atoms with Crippen LogP contribution in [0, 0.1) is 0 Å². The number of hydrogen-bond donors (Lipinski definition) is 3. The molecule has 0 radical (unpaired) electrons. The minimum absolute atomic E-state index is 0.107. The number of carbonyl (C=O) groups is 1. The Morgan fingerprint density at radius 2 is 2.23 bits per heavy atom. The van der Waals surface area contributed by atoms with Gasteiger partial charge in [-0.05, 0) is 18.9 Å². The van der Waals surface area contributed by atoms with E-state index in [4.69, 9.17) is 0 Å². The summed E-state index contributed by atoms with van der Waals surface area (Å²) in [5, 5.41) is 20.7. The van der Waals surface area contributed by atoms with Crippen LogP contribution in [0.2, 0.25) is 0 Å². The molecule has 0 aromatic carbocycles. The Balaban J connectivity index is 1.61. The molecule has 3 N–H and O–H groups in total. The number of H-pyrrole nitrogens is 1. The van der Waals surface area contributed by atoms with Gasteiger partial charge in [-0.15, -0.1) is 0 Å². The van der Waals surface area contributed by atoms with Gasteiger partial charge in [0, 0.05) is 43.1 Å². The molecule has 1 aliphatic heterocycles. The first-order chi connectivity index (χ1) is 12.3. The van der Waals surface area contributed by atoms with Crippen LogP contribution in [0.25, 0.3) is 0 Å². The highest BCUT2D eigenvalue weighted by atomic mass is 16.3. The molecule has 140 valence electrons. The zero-order chi connectivity index (χ0) is 18.8. The van der Waals surface area contributed by atoms with Gasteiger partial charge < -0.3 is 15.3 Å². The summed E-state index contributed by atoms with van der Waals surface area (Å²) in [6.07, 6.45) is 6.38. The van der Waals surface area contributed by atoms with Gasteiger partial charge in [-0.2, -0.15) is 5.10 Å². The fourth-order valence-electron chi connectivity index (χ4n) is 3.06. The van der Waals surface area contributed by atoms with E-state index < -0.39 is 5.60 Å². The molecule has 0 unspecified atom stereocenters. The largest absolute Gasteiger partial charge is 0.386 e. The van der Waals surface area contributed by atoms with Crippen LogP contribution in [0.15, 0.2) is 24.7 Å². The number of nitrogens with zero attached hydrogens (tertiary/aromatic N) is 4. The molecular formula is C18H26N6O2. The first kappa shape index (κ1) is 18.3. The number of nitrogens with one attached hydrogen (secondary N) is 2. The van der Waals surface area contributed by atoms with Crippen molar-refractivity contribution in [2.45, 2.75) is 44.6 Å². The fraction of sp³-hybridized carbons (Fsp3) is 0.556. The van der Waals surface area contributed by atoms with Gasteiger partial charge in [0.15, 0.2) is 0 Å². The van der Waals surface area contributed by atoms with Gasteiger partial charge in [-0.1, -0.05) is 20.8 Å². The van der Waals surface area contributed by atoms with Crippen molar-refractivity contribution in [1.82, 2.24) is 25.5 Å². The number of amides is 1. The third-order valence-corrected chi connectivity index (χ3v) is 4.63. The Morgan fingerprint density at radius 1 is 1.42 bits per heavy atom. The second kappa shape index (κ2) is 7.03. The maximum Gasteiger partial charge on any atom is 0.271 e. The normalized spacial score (nSPS) is 20.8. The van der Waals surface area contributed by atoms with Crippen molar-refractivity contribution in [2.75, 3.05) is 24.5 Å². The summed E-state index contributed by atoms with van der Waals surface area (Å²) in [5.74, 6) is 0.445. The Labute approximate surface area is 153 Å². The molecule has 1 atom stereocenters. The van der Waals surface area contributed by atoms with E-state index >= 15 is 0 Å². The summed E-state index contributed by atoms with van der Waals surface area (Å²) >= 11 is 0. The zero-order valence-corrected chi connectivity index (χ0v) is 15.5. The number of carbonyl (C=O) groups excluding carboxylic acids is 1. The number of hydrogen-bond acceptors (Lipinski definition) is 6. The molecule has 26 heavy (non-hydrogen) atoms. The van der Waals surface area contributed by atoms with Crippen LogP contribution >= 0.6 is 0 Å². The lowest BCUT2D eigenvalue weighted by Gasteiger charge is -2.39. The monoisotopic (exact) mass is 358 g/mol. The number of aromatic amines is 1. The standard InChI is InChI=1S/C18H26N6O2/c1-17(2,3)14-9-13(22-23-14)16(25)21-11-18(26)5-4-8-24(12-18)15-10-19-6-7-20-15/h6-7,9-10,26H,4-5,8,11-12H2,1-3H3,(H,21,25)(H,22,23)/t18-/m1/s1. The first-order valence-corrected chi connectivity index (χ1v) is 8.84. The molecule has 1 aliphatic rings. The average molecular weight is 358 g/mol. The van der Waals surface area contributed by atoms with Crippen LogP contribution in [0.1, 0.15) is 49.8 Å². The van der Waals surface area contributed by atoms with Crippen molar-refractivity contribution in [3.8, 4) is 0 Å². The number of rotatable bonds is 4. The quantitative estimate of drug-likeness (QED) is 0.759. The van der Waals surface area contributed by atoms with Crippen molar-refractivity contribution in [1.29, 1.82) is 0 Å². The molecule has 8 nitrogen and oxygen atoms in total. The van der Waals surface area contributed by atoms with Crippen molar-refractivity contribution in [2.24, 2.45) is 0 Å². The van der Waals surface area contributed by atoms with Gasteiger partial charge in [0.25, 0.3) is 5.91 Å². The van der Waals surface area contributed by atoms with Gasteiger partial charge in [-0.25, -0.2) is 4.98 Å². The van der Waals surface area contributed by atoms with E-state index in [0.717, 1.165) is 24.5 Å². The number of piperidine rings is 1. The third kappa shape index (κ3) is 4.19. The van der Waals surface area contributed by atoms with Crippen molar-refractivity contribution < 1.29 is 9.90 Å². The Hall–Kier alpha value is -2.48. The highest BCUT2D eigenvalue weighted by molar-refractivity contribution is 5.92. The molecule has 2 aromatic heterocycles. The van der Waals surface area contributed by atoms with Crippen molar-refractivity contribution in [3.05, 3.63) is 36.0 Å². The number of aliphatic hydroxyl groups is 1. The van der Waals surface area contributed by atoms with E-state index in [-0.39, 0.29) is 17.9 Å². The lowest BCUT2D eigenvalue weighted by Crippen LogP contribution is -2.54. The summed E-state index contributed by atoms with van der Waals surface area (Å²) in [4.78, 5) is 22.7. The second-order valence-electron chi connectivity index (χ2n) is 7.91. The van der Waals surface area contributed by atoms with Gasteiger partial charge in [0.05, 0.1) is 11.8 Å². The molecule has 0 saturated carbocycles. The molecular weight excluding hydrogens is 332 g/mol. The molecule has 1 amide bonds. The highest BCUT2D eigenvalue weighted by Gasteiger charge is 2.34. The predicted molar refractivity (Wildman–Crippen MR) is 98.0 cm³/mol. The number of β-amino-alcohol motifs (C(OH)–C–C–N with tert-alkyl or cyclic N) is 1. The SMILES string of the molecule is CC(C)(C)c1cc(C(=O)NC[C@]2(O)CCCN(c3cnccn3)C2)n[nH]1. The zero-order valence-electron chi connectivity index (χ0n) is 15.5. The maximum absolute atomic E-state index is 12.4. The van der Waals surface area contributed by atoms with E-state index in [9.17, 15) is 9.90 Å². The third-order valence-electron chi connectivity index (χ3n) is 4.63. The minimum atomic E-state index is -1.01. The molecule has 1 fully saturated rings. The molecule has 2 aromatic rings. The first-order valence-electron chi connectivity index (χ1n) is 8.84.